The van der Waals surface area contributed by atoms with Crippen LogP contribution in [0.3, 0.4) is 0 Å². The number of allylic oxidation sites excluding steroid dienone is 1. The molecule has 1 aromatic rings. The summed E-state index contributed by atoms with van der Waals surface area (Å²) in [5, 5.41) is 2.69. The van der Waals surface area contributed by atoms with Gasteiger partial charge in [0, 0.05) is 18.1 Å². The molecule has 0 aliphatic heterocycles. The lowest BCUT2D eigenvalue weighted by atomic mass is 9.91. The smallest absolute Gasteiger partial charge is 0.411 e. The van der Waals surface area contributed by atoms with Crippen molar-refractivity contribution < 1.29 is 9.53 Å². The van der Waals surface area contributed by atoms with Crippen LogP contribution in [0.15, 0.2) is 36.2 Å². The summed E-state index contributed by atoms with van der Waals surface area (Å²) in [6.45, 7) is 11.9. The number of anilines is 1. The van der Waals surface area contributed by atoms with E-state index in [1.807, 2.05) is 6.08 Å². The first kappa shape index (κ1) is 26.2. The highest BCUT2D eigenvalue weighted by Gasteiger charge is 2.07. The number of rotatable bonds is 15. The first-order valence-electron chi connectivity index (χ1n) is 11.9. The number of pyridine rings is 1. The number of hydrogen-bond acceptors (Lipinski definition) is 3. The van der Waals surface area contributed by atoms with Crippen LogP contribution in [0.1, 0.15) is 92.4 Å². The lowest BCUT2D eigenvalue weighted by molar-refractivity contribution is 0.174. The van der Waals surface area contributed by atoms with E-state index in [0.717, 1.165) is 24.2 Å². The molecule has 0 aromatic carbocycles. The molecule has 1 N–H and O–H groups in total. The quantitative estimate of drug-likeness (QED) is 0.294. The van der Waals surface area contributed by atoms with Crippen molar-refractivity contribution in [1.82, 2.24) is 4.98 Å². The summed E-state index contributed by atoms with van der Waals surface area (Å²) < 4.78 is 5.21. The number of hydrogen-bond donors (Lipinski definition) is 1. The van der Waals surface area contributed by atoms with Gasteiger partial charge in [-0.2, -0.15) is 0 Å². The summed E-state index contributed by atoms with van der Waals surface area (Å²) in [5.41, 5.74) is 1.98. The van der Waals surface area contributed by atoms with Gasteiger partial charge in [0.15, 0.2) is 0 Å². The van der Waals surface area contributed by atoms with Gasteiger partial charge in [0.05, 0.1) is 0 Å². The van der Waals surface area contributed by atoms with Gasteiger partial charge in [-0.05, 0) is 55.7 Å². The summed E-state index contributed by atoms with van der Waals surface area (Å²) >= 11 is 0. The van der Waals surface area contributed by atoms with E-state index in [0.29, 0.717) is 12.3 Å². The van der Waals surface area contributed by atoms with Crippen LogP contribution in [0.4, 0.5) is 10.5 Å². The van der Waals surface area contributed by atoms with Crippen molar-refractivity contribution in [3.05, 3.63) is 36.2 Å². The molecule has 0 fully saturated rings. The maximum Gasteiger partial charge on any atom is 0.411 e. The second kappa shape index (κ2) is 15.9. The summed E-state index contributed by atoms with van der Waals surface area (Å²) in [7, 11) is 0. The van der Waals surface area contributed by atoms with Crippen molar-refractivity contribution in [2.75, 3.05) is 11.9 Å². The predicted molar refractivity (Wildman–Crippen MR) is 128 cm³/mol. The zero-order chi connectivity index (χ0) is 22.2. The molecule has 0 aliphatic carbocycles. The van der Waals surface area contributed by atoms with Crippen molar-refractivity contribution in [1.29, 1.82) is 0 Å². The van der Waals surface area contributed by atoms with Gasteiger partial charge in [-0.1, -0.05) is 78.2 Å². The molecule has 1 rings (SSSR count). The van der Waals surface area contributed by atoms with Crippen molar-refractivity contribution in [3.63, 3.8) is 0 Å². The first-order valence-corrected chi connectivity index (χ1v) is 11.9. The van der Waals surface area contributed by atoms with Crippen LogP contribution in [0, 0.1) is 17.8 Å². The number of carbonyl (C=O) groups is 1. The van der Waals surface area contributed by atoms with Crippen molar-refractivity contribution in [3.8, 4) is 0 Å². The molecule has 1 aromatic heterocycles. The van der Waals surface area contributed by atoms with Gasteiger partial charge in [0.2, 0.25) is 0 Å². The fourth-order valence-electron chi connectivity index (χ4n) is 3.66. The Hall–Kier alpha value is -1.84. The molecule has 1 amide bonds. The number of amides is 1. The van der Waals surface area contributed by atoms with Crippen molar-refractivity contribution in [2.45, 2.75) is 92.4 Å². The Morgan fingerprint density at radius 3 is 2.13 bits per heavy atom. The van der Waals surface area contributed by atoms with Gasteiger partial charge in [0.25, 0.3) is 0 Å². The lowest BCUT2D eigenvalue weighted by Gasteiger charge is -2.15. The normalized spacial score (nSPS) is 13.9. The summed E-state index contributed by atoms with van der Waals surface area (Å²) in [6.07, 6.45) is 16.6. The molecule has 0 radical (unpaired) electrons. The van der Waals surface area contributed by atoms with E-state index < -0.39 is 6.09 Å². The van der Waals surface area contributed by atoms with Gasteiger partial charge < -0.3 is 4.74 Å². The number of nitrogens with one attached hydrogen (secondary N) is 1. The van der Waals surface area contributed by atoms with Gasteiger partial charge in [-0.25, -0.2) is 4.79 Å². The fourth-order valence-corrected chi connectivity index (χ4v) is 3.66. The van der Waals surface area contributed by atoms with E-state index in [-0.39, 0.29) is 0 Å². The van der Waals surface area contributed by atoms with Crippen LogP contribution < -0.4 is 5.32 Å². The van der Waals surface area contributed by atoms with Crippen LogP contribution in [0.2, 0.25) is 0 Å². The van der Waals surface area contributed by atoms with Gasteiger partial charge in [-0.15, -0.1) is 0 Å². The van der Waals surface area contributed by atoms with Crippen LogP contribution in [-0.4, -0.2) is 17.7 Å². The first-order chi connectivity index (χ1) is 14.4. The van der Waals surface area contributed by atoms with E-state index in [2.05, 4.69) is 44.9 Å². The van der Waals surface area contributed by atoms with Gasteiger partial charge >= 0.3 is 6.09 Å². The zero-order valence-electron chi connectivity index (χ0n) is 20.0. The molecule has 1 heterocycles. The Labute approximate surface area is 184 Å². The highest BCUT2D eigenvalue weighted by atomic mass is 16.5. The minimum Gasteiger partial charge on any atom is -0.445 e. The third kappa shape index (κ3) is 14.2. The maximum atomic E-state index is 11.8. The Bertz CT molecular complexity index is 598. The largest absolute Gasteiger partial charge is 0.445 e. The van der Waals surface area contributed by atoms with Crippen LogP contribution >= 0.6 is 0 Å². The topological polar surface area (TPSA) is 51.2 Å². The van der Waals surface area contributed by atoms with Gasteiger partial charge in [-0.3, -0.25) is 10.3 Å². The van der Waals surface area contributed by atoms with Crippen molar-refractivity contribution in [2.24, 2.45) is 17.8 Å². The number of aromatic nitrogens is 1. The van der Waals surface area contributed by atoms with E-state index in [4.69, 9.17) is 4.74 Å². The molecule has 4 nitrogen and oxygen atoms in total. The average Bonchev–Trinajstić information content (AvgIpc) is 2.68. The van der Waals surface area contributed by atoms with Crippen LogP contribution in [0.25, 0.3) is 0 Å². The second-order valence-corrected chi connectivity index (χ2v) is 9.37. The molecule has 170 valence electrons. The van der Waals surface area contributed by atoms with E-state index in [9.17, 15) is 4.79 Å². The number of ether oxygens (including phenoxy) is 1. The maximum absolute atomic E-state index is 11.8. The number of nitrogens with zero attached hydrogens (tertiary/aromatic N) is 1. The Morgan fingerprint density at radius 2 is 1.53 bits per heavy atom. The molecular weight excluding hydrogens is 372 g/mol. The third-order valence-corrected chi connectivity index (χ3v) is 5.71. The van der Waals surface area contributed by atoms with E-state index in [1.54, 1.807) is 24.5 Å². The average molecular weight is 417 g/mol. The lowest BCUT2D eigenvalue weighted by Crippen LogP contribution is -2.13. The summed E-state index contributed by atoms with van der Waals surface area (Å²) in [4.78, 5) is 15.7. The Balaban J connectivity index is 2.06. The third-order valence-electron chi connectivity index (χ3n) is 5.71. The summed E-state index contributed by atoms with van der Waals surface area (Å²) in [6, 6.07) is 3.47. The van der Waals surface area contributed by atoms with E-state index >= 15 is 0 Å². The molecule has 4 heteroatoms. The van der Waals surface area contributed by atoms with Crippen molar-refractivity contribution >= 4 is 11.8 Å². The molecule has 0 saturated carbocycles. The van der Waals surface area contributed by atoms with E-state index in [1.165, 1.54) is 56.9 Å². The zero-order valence-corrected chi connectivity index (χ0v) is 20.0. The highest BCUT2D eigenvalue weighted by molar-refractivity contribution is 5.84. The highest BCUT2D eigenvalue weighted by Crippen LogP contribution is 2.22. The van der Waals surface area contributed by atoms with Gasteiger partial charge in [0.1, 0.15) is 6.61 Å². The molecule has 30 heavy (non-hydrogen) atoms. The molecule has 2 unspecified atom stereocenters. The minimum atomic E-state index is -0.433. The molecular formula is C26H44N2O2. The van der Waals surface area contributed by atoms with Crippen LogP contribution in [-0.2, 0) is 4.74 Å². The SMILES string of the molecule is C/C(=C\COC(=O)Nc1ccncc1)CCCC(C)CCCC(C)CCCC(C)C. The molecule has 0 bridgehead atoms. The monoisotopic (exact) mass is 416 g/mol. The summed E-state index contributed by atoms with van der Waals surface area (Å²) in [5.74, 6) is 2.51. The number of carbonyl (C=O) groups excluding carboxylic acids is 1. The standard InChI is InChI=1S/C26H44N2O2/c1-21(2)9-6-10-22(3)11-7-12-23(4)13-8-14-24(5)17-20-30-26(29)28-25-15-18-27-19-16-25/h15-19,21-23H,6-14,20H2,1-5H3,(H,27,28,29)/b24-17+. The molecule has 0 saturated heterocycles. The fraction of sp³-hybridized carbons (Fsp3) is 0.692. The molecule has 2 atom stereocenters. The Morgan fingerprint density at radius 1 is 0.967 bits per heavy atom. The predicted octanol–water partition coefficient (Wildman–Crippen LogP) is 8.02. The minimum absolute atomic E-state index is 0.313. The molecule has 0 spiro atoms. The second-order valence-electron chi connectivity index (χ2n) is 9.37. The molecule has 0 aliphatic rings. The Kier molecular flexibility index (Phi) is 13.9. The van der Waals surface area contributed by atoms with Crippen LogP contribution in [0.5, 0.6) is 0 Å².